The van der Waals surface area contributed by atoms with Crippen molar-refractivity contribution in [2.24, 2.45) is 0 Å². The molecular formula is C16H16N4S2. The minimum Gasteiger partial charge on any atom is -0.332 e. The van der Waals surface area contributed by atoms with Crippen LogP contribution in [0.4, 0.5) is 10.7 Å². The third-order valence-corrected chi connectivity index (χ3v) is 4.95. The molecule has 1 aromatic heterocycles. The maximum absolute atomic E-state index is 9.47. The lowest BCUT2D eigenvalue weighted by Gasteiger charge is -2.21. The second-order valence-corrected chi connectivity index (χ2v) is 6.77. The van der Waals surface area contributed by atoms with Crippen LogP contribution in [0, 0.1) is 11.3 Å². The van der Waals surface area contributed by atoms with Gasteiger partial charge in [-0.15, -0.1) is 11.3 Å². The third kappa shape index (κ3) is 3.12. The Balaban J connectivity index is 1.78. The van der Waals surface area contributed by atoms with Gasteiger partial charge in [-0.3, -0.25) is 0 Å². The number of thiophene rings is 1. The van der Waals surface area contributed by atoms with E-state index >= 15 is 0 Å². The predicted octanol–water partition coefficient (Wildman–Crippen LogP) is 3.42. The Morgan fingerprint density at radius 1 is 1.32 bits per heavy atom. The Labute approximate surface area is 139 Å². The summed E-state index contributed by atoms with van der Waals surface area (Å²) < 4.78 is 0. The Morgan fingerprint density at radius 3 is 2.82 bits per heavy atom. The van der Waals surface area contributed by atoms with E-state index in [9.17, 15) is 5.26 Å². The molecule has 3 rings (SSSR count). The van der Waals surface area contributed by atoms with E-state index in [1.165, 1.54) is 10.4 Å². The lowest BCUT2D eigenvalue weighted by Crippen LogP contribution is -2.25. The molecule has 1 aliphatic rings. The SMILES string of the molecule is CN1CCc2c(sc(NC(=S)Nc3ccccc3)c2C#N)C1. The molecule has 1 aromatic carbocycles. The molecule has 0 saturated heterocycles. The van der Waals surface area contributed by atoms with E-state index in [-0.39, 0.29) is 0 Å². The van der Waals surface area contributed by atoms with Crippen molar-refractivity contribution < 1.29 is 0 Å². The van der Waals surface area contributed by atoms with Crippen LogP contribution < -0.4 is 10.6 Å². The second kappa shape index (κ2) is 6.44. The number of nitriles is 1. The summed E-state index contributed by atoms with van der Waals surface area (Å²) in [4.78, 5) is 3.53. The zero-order valence-corrected chi connectivity index (χ0v) is 13.9. The smallest absolute Gasteiger partial charge is 0.175 e. The zero-order chi connectivity index (χ0) is 15.5. The molecule has 4 nitrogen and oxygen atoms in total. The van der Waals surface area contributed by atoms with Crippen LogP contribution in [-0.4, -0.2) is 23.6 Å². The quantitative estimate of drug-likeness (QED) is 0.827. The minimum atomic E-state index is 0.509. The van der Waals surface area contributed by atoms with E-state index in [0.717, 1.165) is 35.8 Å². The lowest BCUT2D eigenvalue weighted by molar-refractivity contribution is 0.317. The van der Waals surface area contributed by atoms with Gasteiger partial charge < -0.3 is 15.5 Å². The number of thiocarbonyl (C=S) groups is 1. The summed E-state index contributed by atoms with van der Waals surface area (Å²) in [6.45, 7) is 1.89. The third-order valence-electron chi connectivity index (χ3n) is 3.62. The molecule has 1 aliphatic heterocycles. The summed E-state index contributed by atoms with van der Waals surface area (Å²) in [6, 6.07) is 12.1. The Hall–Kier alpha value is -1.94. The van der Waals surface area contributed by atoms with Gasteiger partial charge in [0.2, 0.25) is 0 Å². The van der Waals surface area contributed by atoms with Gasteiger partial charge in [-0.25, -0.2) is 0 Å². The first-order valence-corrected chi connectivity index (χ1v) is 8.26. The molecular weight excluding hydrogens is 312 g/mol. The van der Waals surface area contributed by atoms with Gasteiger partial charge in [0, 0.05) is 23.7 Å². The molecule has 2 aromatic rings. The van der Waals surface area contributed by atoms with E-state index < -0.39 is 0 Å². The van der Waals surface area contributed by atoms with Crippen LogP contribution in [-0.2, 0) is 13.0 Å². The lowest BCUT2D eigenvalue weighted by atomic mass is 10.0. The van der Waals surface area contributed by atoms with Gasteiger partial charge in [0.05, 0.1) is 5.56 Å². The fourth-order valence-electron chi connectivity index (χ4n) is 2.52. The number of nitrogens with zero attached hydrogens (tertiary/aromatic N) is 2. The van der Waals surface area contributed by atoms with Crippen LogP contribution in [0.3, 0.4) is 0 Å². The molecule has 0 amide bonds. The van der Waals surface area contributed by atoms with Crippen LogP contribution in [0.2, 0.25) is 0 Å². The maximum Gasteiger partial charge on any atom is 0.175 e. The van der Waals surface area contributed by atoms with E-state index in [1.54, 1.807) is 11.3 Å². The number of rotatable bonds is 2. The van der Waals surface area contributed by atoms with Crippen molar-refractivity contribution in [2.75, 3.05) is 24.2 Å². The van der Waals surface area contributed by atoms with Gasteiger partial charge in [-0.05, 0) is 43.4 Å². The number of hydrogen-bond donors (Lipinski definition) is 2. The second-order valence-electron chi connectivity index (χ2n) is 5.25. The van der Waals surface area contributed by atoms with Crippen LogP contribution in [0.1, 0.15) is 16.0 Å². The van der Waals surface area contributed by atoms with Gasteiger partial charge in [-0.2, -0.15) is 5.26 Å². The van der Waals surface area contributed by atoms with Crippen LogP contribution in [0.5, 0.6) is 0 Å². The number of para-hydroxylation sites is 1. The largest absolute Gasteiger partial charge is 0.332 e. The molecule has 0 radical (unpaired) electrons. The van der Waals surface area contributed by atoms with Gasteiger partial charge in [0.25, 0.3) is 0 Å². The summed E-state index contributed by atoms with van der Waals surface area (Å²) in [6.07, 6.45) is 0.922. The highest BCUT2D eigenvalue weighted by atomic mass is 32.1. The topological polar surface area (TPSA) is 51.1 Å². The molecule has 0 bridgehead atoms. The number of anilines is 2. The van der Waals surface area contributed by atoms with Gasteiger partial charge in [0.1, 0.15) is 11.1 Å². The van der Waals surface area contributed by atoms with Crippen molar-refractivity contribution in [1.29, 1.82) is 5.26 Å². The molecule has 6 heteroatoms. The monoisotopic (exact) mass is 328 g/mol. The first kappa shape index (κ1) is 15.0. The van der Waals surface area contributed by atoms with Crippen molar-refractivity contribution in [2.45, 2.75) is 13.0 Å². The van der Waals surface area contributed by atoms with Crippen molar-refractivity contribution in [3.63, 3.8) is 0 Å². The van der Waals surface area contributed by atoms with E-state index in [2.05, 4.69) is 28.7 Å². The first-order chi connectivity index (χ1) is 10.7. The standard InChI is InChI=1S/C16H16N4S2/c1-20-8-7-12-13(9-17)15(22-14(12)10-20)19-16(21)18-11-5-3-2-4-6-11/h2-6H,7-8,10H2,1H3,(H2,18,19,21). The fourth-order valence-corrected chi connectivity index (χ4v) is 4.09. The van der Waals surface area contributed by atoms with E-state index in [0.29, 0.717) is 5.11 Å². The fraction of sp³-hybridized carbons (Fsp3) is 0.250. The first-order valence-electron chi connectivity index (χ1n) is 7.03. The molecule has 0 fully saturated rings. The summed E-state index contributed by atoms with van der Waals surface area (Å²) in [5.74, 6) is 0. The number of likely N-dealkylation sites (N-methyl/N-ethyl adjacent to an activating group) is 1. The Kier molecular flexibility index (Phi) is 4.39. The minimum absolute atomic E-state index is 0.509. The van der Waals surface area contributed by atoms with Crippen LogP contribution >= 0.6 is 23.6 Å². The summed E-state index contributed by atoms with van der Waals surface area (Å²) >= 11 is 6.98. The number of hydrogen-bond acceptors (Lipinski definition) is 4. The molecule has 0 unspecified atom stereocenters. The molecule has 0 aliphatic carbocycles. The van der Waals surface area contributed by atoms with E-state index in [4.69, 9.17) is 12.2 Å². The average molecular weight is 328 g/mol. The molecule has 0 saturated carbocycles. The van der Waals surface area contributed by atoms with E-state index in [1.807, 2.05) is 30.3 Å². The van der Waals surface area contributed by atoms with Crippen molar-refractivity contribution in [1.82, 2.24) is 4.90 Å². The number of benzene rings is 1. The molecule has 2 N–H and O–H groups in total. The number of nitrogens with one attached hydrogen (secondary N) is 2. The summed E-state index contributed by atoms with van der Waals surface area (Å²) in [7, 11) is 2.10. The molecule has 22 heavy (non-hydrogen) atoms. The molecule has 2 heterocycles. The van der Waals surface area contributed by atoms with Crippen molar-refractivity contribution >= 4 is 39.4 Å². The molecule has 112 valence electrons. The average Bonchev–Trinajstić information content (AvgIpc) is 2.84. The highest BCUT2D eigenvalue weighted by molar-refractivity contribution is 7.80. The maximum atomic E-state index is 9.47. The number of fused-ring (bicyclic) bond motifs is 1. The normalized spacial score (nSPS) is 14.0. The zero-order valence-electron chi connectivity index (χ0n) is 12.2. The highest BCUT2D eigenvalue weighted by Gasteiger charge is 2.23. The summed E-state index contributed by atoms with van der Waals surface area (Å²) in [5.41, 5.74) is 2.85. The highest BCUT2D eigenvalue weighted by Crippen LogP contribution is 2.36. The van der Waals surface area contributed by atoms with Crippen molar-refractivity contribution in [3.8, 4) is 6.07 Å². The van der Waals surface area contributed by atoms with Crippen LogP contribution in [0.25, 0.3) is 0 Å². The summed E-state index contributed by atoms with van der Waals surface area (Å²) in [5, 5.41) is 17.1. The Bertz CT molecular complexity index is 731. The van der Waals surface area contributed by atoms with Crippen LogP contribution in [0.15, 0.2) is 30.3 Å². The van der Waals surface area contributed by atoms with Gasteiger partial charge >= 0.3 is 0 Å². The van der Waals surface area contributed by atoms with Crippen molar-refractivity contribution in [3.05, 3.63) is 46.3 Å². The Morgan fingerprint density at radius 2 is 2.09 bits per heavy atom. The van der Waals surface area contributed by atoms with Gasteiger partial charge in [-0.1, -0.05) is 18.2 Å². The van der Waals surface area contributed by atoms with Gasteiger partial charge in [0.15, 0.2) is 5.11 Å². The molecule has 0 spiro atoms. The predicted molar refractivity (Wildman–Crippen MR) is 95.4 cm³/mol. The molecule has 0 atom stereocenters.